The fourth-order valence-corrected chi connectivity index (χ4v) is 2.55. The van der Waals surface area contributed by atoms with E-state index in [-0.39, 0.29) is 0 Å². The normalized spacial score (nSPS) is 10.3. The van der Waals surface area contributed by atoms with Gasteiger partial charge in [0, 0.05) is 0 Å². The Morgan fingerprint density at radius 2 is 1.63 bits per heavy atom. The second-order valence-electron chi connectivity index (χ2n) is 4.98. The van der Waals surface area contributed by atoms with Crippen molar-refractivity contribution in [2.45, 2.75) is 65.7 Å². The van der Waals surface area contributed by atoms with Crippen molar-refractivity contribution in [3.8, 4) is 0 Å². The van der Waals surface area contributed by atoms with E-state index in [1.54, 1.807) is 0 Å². The van der Waals surface area contributed by atoms with E-state index in [4.69, 9.17) is 12.2 Å². The zero-order valence-electron chi connectivity index (χ0n) is 12.5. The quantitative estimate of drug-likeness (QED) is 0.338. The number of hydrogen-bond donors (Lipinski definition) is 0. The van der Waals surface area contributed by atoms with Crippen LogP contribution in [0, 0.1) is 0 Å². The van der Waals surface area contributed by atoms with E-state index >= 15 is 0 Å². The predicted molar refractivity (Wildman–Crippen MR) is 87.7 cm³/mol. The second kappa shape index (κ2) is 9.01. The molecule has 0 heterocycles. The molecular weight excluding hydrogens is 250 g/mol. The zero-order chi connectivity index (χ0) is 14.1. The van der Waals surface area contributed by atoms with Crippen molar-refractivity contribution < 1.29 is 0 Å². The number of benzene rings is 1. The first-order chi connectivity index (χ1) is 9.26. The minimum absolute atomic E-state index is 1.01. The van der Waals surface area contributed by atoms with Gasteiger partial charge in [-0.1, -0.05) is 52.2 Å². The molecule has 1 aromatic rings. The Kier molecular flexibility index (Phi) is 7.62. The van der Waals surface area contributed by atoms with Crippen molar-refractivity contribution in [1.82, 2.24) is 0 Å². The van der Waals surface area contributed by atoms with Gasteiger partial charge in [0.2, 0.25) is 0 Å². The minimum atomic E-state index is 1.01. The molecule has 0 amide bonds. The van der Waals surface area contributed by atoms with Crippen molar-refractivity contribution in [1.29, 1.82) is 0 Å². The van der Waals surface area contributed by atoms with Crippen LogP contribution in [0.5, 0.6) is 0 Å². The summed E-state index contributed by atoms with van der Waals surface area (Å²) in [5.41, 5.74) is 5.12. The summed E-state index contributed by atoms with van der Waals surface area (Å²) < 4.78 is 0. The van der Waals surface area contributed by atoms with Crippen LogP contribution in [0.3, 0.4) is 0 Å². The van der Waals surface area contributed by atoms with Crippen molar-refractivity contribution in [3.63, 3.8) is 0 Å². The third-order valence-corrected chi connectivity index (χ3v) is 3.66. The lowest BCUT2D eigenvalue weighted by atomic mass is 9.96. The third-order valence-electron chi connectivity index (χ3n) is 3.57. The maximum atomic E-state index is 4.76. The van der Waals surface area contributed by atoms with Gasteiger partial charge in [0.25, 0.3) is 0 Å². The maximum absolute atomic E-state index is 4.76. The predicted octanol–water partition coefficient (Wildman–Crippen LogP) is 5.67. The van der Waals surface area contributed by atoms with Gasteiger partial charge in [-0.25, -0.2) is 0 Å². The highest BCUT2D eigenvalue weighted by Crippen LogP contribution is 2.28. The van der Waals surface area contributed by atoms with Crippen LogP contribution >= 0.6 is 12.2 Å². The molecule has 0 saturated heterocycles. The van der Waals surface area contributed by atoms with Crippen LogP contribution in [-0.4, -0.2) is 5.16 Å². The smallest absolute Gasteiger partial charge is 0.0803 e. The van der Waals surface area contributed by atoms with Crippen LogP contribution in [0.15, 0.2) is 17.1 Å². The molecule has 0 bridgehead atoms. The van der Waals surface area contributed by atoms with Crippen LogP contribution in [0.25, 0.3) is 0 Å². The molecule has 0 aromatic heterocycles. The van der Waals surface area contributed by atoms with Gasteiger partial charge in [0.15, 0.2) is 0 Å². The van der Waals surface area contributed by atoms with Gasteiger partial charge in [-0.3, -0.25) is 0 Å². The molecule has 0 unspecified atom stereocenters. The molecule has 1 rings (SSSR count). The van der Waals surface area contributed by atoms with Gasteiger partial charge >= 0.3 is 0 Å². The molecule has 104 valence electrons. The number of hydrogen-bond acceptors (Lipinski definition) is 2. The van der Waals surface area contributed by atoms with Crippen LogP contribution in [0.4, 0.5) is 5.69 Å². The molecule has 2 heteroatoms. The summed E-state index contributed by atoms with van der Waals surface area (Å²) in [5.74, 6) is 0. The molecule has 1 nitrogen and oxygen atoms in total. The Morgan fingerprint density at radius 1 is 1.00 bits per heavy atom. The van der Waals surface area contributed by atoms with E-state index < -0.39 is 0 Å². The molecule has 0 saturated carbocycles. The van der Waals surface area contributed by atoms with Gasteiger partial charge in [0.1, 0.15) is 0 Å². The first-order valence-corrected chi connectivity index (χ1v) is 7.90. The van der Waals surface area contributed by atoms with Crippen molar-refractivity contribution in [2.75, 3.05) is 0 Å². The van der Waals surface area contributed by atoms with Crippen LogP contribution < -0.4 is 0 Å². The van der Waals surface area contributed by atoms with Gasteiger partial charge in [-0.05, 0) is 54.6 Å². The van der Waals surface area contributed by atoms with E-state index in [0.29, 0.717) is 0 Å². The summed E-state index contributed by atoms with van der Waals surface area (Å²) in [6.45, 7) is 6.61. The number of nitrogens with zero attached hydrogens (tertiary/aromatic N) is 1. The molecule has 0 radical (unpaired) electrons. The fraction of sp³-hybridized carbons (Fsp3) is 0.588. The van der Waals surface area contributed by atoms with E-state index in [1.165, 1.54) is 48.8 Å². The molecule has 0 aliphatic rings. The van der Waals surface area contributed by atoms with Crippen LogP contribution in [-0.2, 0) is 19.3 Å². The van der Waals surface area contributed by atoms with Crippen LogP contribution in [0.2, 0.25) is 0 Å². The average molecular weight is 275 g/mol. The Balaban J connectivity index is 2.92. The molecule has 0 N–H and O–H groups in total. The average Bonchev–Trinajstić information content (AvgIpc) is 2.44. The Bertz CT molecular complexity index is 420. The first kappa shape index (κ1) is 16.1. The summed E-state index contributed by atoms with van der Waals surface area (Å²) in [5, 5.41) is 2.52. The number of aliphatic imine (C=N–C) groups is 1. The highest BCUT2D eigenvalue weighted by molar-refractivity contribution is 7.78. The number of aryl methyl sites for hydroxylation is 3. The second-order valence-corrected chi connectivity index (χ2v) is 5.17. The molecule has 0 aliphatic heterocycles. The standard InChI is InChI=1S/C17H25NS/c1-4-7-8-9-10-14-11-15(5-2)17(18-13-19)16(6-3)12-14/h11-12H,4-10H2,1-3H3. The van der Waals surface area contributed by atoms with Gasteiger partial charge < -0.3 is 0 Å². The fourth-order valence-electron chi connectivity index (χ4n) is 2.46. The topological polar surface area (TPSA) is 12.4 Å². The Hall–Kier alpha value is -0.980. The SMILES string of the molecule is CCCCCCc1cc(CC)c(N=C=S)c(CC)c1. The van der Waals surface area contributed by atoms with Crippen molar-refractivity contribution in [3.05, 3.63) is 28.8 Å². The highest BCUT2D eigenvalue weighted by Gasteiger charge is 2.08. The van der Waals surface area contributed by atoms with Gasteiger partial charge in [-0.2, -0.15) is 4.99 Å². The van der Waals surface area contributed by atoms with E-state index in [0.717, 1.165) is 18.5 Å². The van der Waals surface area contributed by atoms with Gasteiger partial charge in [-0.15, -0.1) is 0 Å². The lowest BCUT2D eigenvalue weighted by Gasteiger charge is -2.11. The summed E-state index contributed by atoms with van der Waals surface area (Å²) >= 11 is 4.76. The third kappa shape index (κ3) is 4.89. The number of unbranched alkanes of at least 4 members (excludes halogenated alkanes) is 3. The lowest BCUT2D eigenvalue weighted by Crippen LogP contribution is -1.94. The molecule has 19 heavy (non-hydrogen) atoms. The minimum Gasteiger partial charge on any atom is -0.194 e. The highest BCUT2D eigenvalue weighted by atomic mass is 32.1. The van der Waals surface area contributed by atoms with Crippen molar-refractivity contribution in [2.24, 2.45) is 4.99 Å². The summed E-state index contributed by atoms with van der Waals surface area (Å²) in [6, 6.07) is 4.60. The number of thiocarbonyl (C=S) groups is 1. The summed E-state index contributed by atoms with van der Waals surface area (Å²) in [7, 11) is 0. The largest absolute Gasteiger partial charge is 0.194 e. The Morgan fingerprint density at radius 3 is 2.11 bits per heavy atom. The molecule has 0 spiro atoms. The molecule has 1 aromatic carbocycles. The maximum Gasteiger partial charge on any atom is 0.0803 e. The van der Waals surface area contributed by atoms with E-state index in [1.807, 2.05) is 0 Å². The molecule has 0 fully saturated rings. The van der Waals surface area contributed by atoms with Gasteiger partial charge in [0.05, 0.1) is 10.8 Å². The summed E-state index contributed by atoms with van der Waals surface area (Å²) in [6.07, 6.45) is 8.45. The molecular formula is C17H25NS. The summed E-state index contributed by atoms with van der Waals surface area (Å²) in [4.78, 5) is 4.26. The number of isothiocyanates is 1. The Labute approximate surface area is 123 Å². The van der Waals surface area contributed by atoms with Crippen molar-refractivity contribution >= 4 is 23.1 Å². The monoisotopic (exact) mass is 275 g/mol. The van der Waals surface area contributed by atoms with Crippen LogP contribution in [0.1, 0.15) is 63.1 Å². The first-order valence-electron chi connectivity index (χ1n) is 7.49. The molecule has 0 atom stereocenters. The van der Waals surface area contributed by atoms with E-state index in [9.17, 15) is 0 Å². The molecule has 0 aliphatic carbocycles. The number of rotatable bonds is 8. The zero-order valence-corrected chi connectivity index (χ0v) is 13.3. The van der Waals surface area contributed by atoms with E-state index in [2.05, 4.69) is 43.1 Å². The lowest BCUT2D eigenvalue weighted by molar-refractivity contribution is 0.666.